The Morgan fingerprint density at radius 3 is 2.55 bits per heavy atom. The van der Waals surface area contributed by atoms with E-state index < -0.39 is 5.97 Å². The number of nitrogens with zero attached hydrogens (tertiary/aromatic N) is 3. The van der Waals surface area contributed by atoms with Crippen molar-refractivity contribution in [3.63, 3.8) is 0 Å². The van der Waals surface area contributed by atoms with E-state index in [1.54, 1.807) is 12.1 Å². The Morgan fingerprint density at radius 1 is 1.18 bits per heavy atom. The van der Waals surface area contributed by atoms with Gasteiger partial charge in [-0.2, -0.15) is 5.10 Å². The van der Waals surface area contributed by atoms with E-state index in [1.807, 2.05) is 30.3 Å². The van der Waals surface area contributed by atoms with Crippen LogP contribution in [0.15, 0.2) is 53.3 Å². The van der Waals surface area contributed by atoms with E-state index in [9.17, 15) is 9.90 Å². The van der Waals surface area contributed by atoms with Crippen molar-refractivity contribution in [1.82, 2.24) is 14.8 Å². The molecule has 0 unspecified atom stereocenters. The lowest BCUT2D eigenvalue weighted by Gasteiger charge is -2.06. The molecule has 110 valence electrons. The van der Waals surface area contributed by atoms with Crippen LogP contribution in [0.25, 0.3) is 16.9 Å². The number of carboxylic acids is 1. The highest BCUT2D eigenvalue weighted by atomic mass is 79.9. The molecule has 1 aromatic carbocycles. The standard InChI is InChI=1S/C15H9BrClN3O2/c16-13-11(9-5-2-1-3-6-9)12(15(21)22)20(19-13)14-10(17)7-4-8-18-14/h1-8H,(H,21,22). The van der Waals surface area contributed by atoms with Crippen LogP contribution in [-0.4, -0.2) is 25.8 Å². The minimum absolute atomic E-state index is 0.00123. The summed E-state index contributed by atoms with van der Waals surface area (Å²) in [4.78, 5) is 15.9. The van der Waals surface area contributed by atoms with Crippen LogP contribution in [0.3, 0.4) is 0 Å². The first kappa shape index (κ1) is 14.7. The van der Waals surface area contributed by atoms with E-state index >= 15 is 0 Å². The number of carbonyl (C=O) groups is 1. The van der Waals surface area contributed by atoms with Crippen molar-refractivity contribution in [1.29, 1.82) is 0 Å². The third-order valence-corrected chi connectivity index (χ3v) is 3.90. The van der Waals surface area contributed by atoms with Gasteiger partial charge < -0.3 is 5.11 Å². The maximum atomic E-state index is 11.8. The van der Waals surface area contributed by atoms with Gasteiger partial charge >= 0.3 is 5.97 Å². The Kier molecular flexibility index (Phi) is 3.96. The Hall–Kier alpha value is -2.18. The first-order valence-electron chi connectivity index (χ1n) is 6.27. The van der Waals surface area contributed by atoms with Gasteiger partial charge in [0.2, 0.25) is 0 Å². The normalized spacial score (nSPS) is 10.6. The Balaban J connectivity index is 2.31. The number of halogens is 2. The number of aromatic carboxylic acids is 1. The highest BCUT2D eigenvalue weighted by Crippen LogP contribution is 2.33. The van der Waals surface area contributed by atoms with Crippen LogP contribution in [0.2, 0.25) is 5.02 Å². The second kappa shape index (κ2) is 5.90. The molecule has 0 saturated heterocycles. The number of carboxylic acid groups (broad SMARTS) is 1. The van der Waals surface area contributed by atoms with Crippen LogP contribution in [0.5, 0.6) is 0 Å². The molecule has 22 heavy (non-hydrogen) atoms. The molecule has 0 aliphatic carbocycles. The maximum Gasteiger partial charge on any atom is 0.355 e. The largest absolute Gasteiger partial charge is 0.476 e. The van der Waals surface area contributed by atoms with Crippen molar-refractivity contribution < 1.29 is 9.90 Å². The molecule has 0 spiro atoms. The Bertz CT molecular complexity index is 849. The number of pyridine rings is 1. The van der Waals surface area contributed by atoms with Crippen LogP contribution in [-0.2, 0) is 0 Å². The summed E-state index contributed by atoms with van der Waals surface area (Å²) in [6.45, 7) is 0. The lowest BCUT2D eigenvalue weighted by atomic mass is 10.1. The zero-order chi connectivity index (χ0) is 15.7. The molecule has 3 aromatic rings. The summed E-state index contributed by atoms with van der Waals surface area (Å²) in [6.07, 6.45) is 1.53. The number of aromatic nitrogens is 3. The van der Waals surface area contributed by atoms with Gasteiger partial charge in [-0.3, -0.25) is 0 Å². The van der Waals surface area contributed by atoms with Crippen molar-refractivity contribution >= 4 is 33.5 Å². The van der Waals surface area contributed by atoms with Gasteiger partial charge in [0.25, 0.3) is 0 Å². The molecule has 0 aliphatic heterocycles. The summed E-state index contributed by atoms with van der Waals surface area (Å²) >= 11 is 9.44. The predicted octanol–water partition coefficient (Wildman–Crippen LogP) is 4.05. The lowest BCUT2D eigenvalue weighted by Crippen LogP contribution is -2.10. The van der Waals surface area contributed by atoms with Gasteiger partial charge in [-0.05, 0) is 33.6 Å². The fourth-order valence-electron chi connectivity index (χ4n) is 2.14. The van der Waals surface area contributed by atoms with E-state index in [4.69, 9.17) is 11.6 Å². The van der Waals surface area contributed by atoms with Gasteiger partial charge in [-0.15, -0.1) is 0 Å². The lowest BCUT2D eigenvalue weighted by molar-refractivity contribution is 0.0687. The summed E-state index contributed by atoms with van der Waals surface area (Å²) < 4.78 is 1.65. The summed E-state index contributed by atoms with van der Waals surface area (Å²) in [5.41, 5.74) is 1.22. The van der Waals surface area contributed by atoms with E-state index in [1.165, 1.54) is 10.9 Å². The topological polar surface area (TPSA) is 68.0 Å². The third-order valence-electron chi connectivity index (χ3n) is 3.05. The minimum Gasteiger partial charge on any atom is -0.476 e. The highest BCUT2D eigenvalue weighted by molar-refractivity contribution is 9.10. The first-order valence-corrected chi connectivity index (χ1v) is 7.45. The average molecular weight is 379 g/mol. The molecule has 0 bridgehead atoms. The summed E-state index contributed by atoms with van der Waals surface area (Å²) in [5, 5.41) is 14.2. The van der Waals surface area contributed by atoms with Crippen molar-refractivity contribution in [2.24, 2.45) is 0 Å². The molecule has 2 heterocycles. The zero-order valence-corrected chi connectivity index (χ0v) is 13.4. The van der Waals surface area contributed by atoms with Gasteiger partial charge in [-0.25, -0.2) is 14.5 Å². The second-order valence-corrected chi connectivity index (χ2v) is 5.56. The minimum atomic E-state index is -1.11. The molecule has 2 aromatic heterocycles. The Morgan fingerprint density at radius 2 is 1.91 bits per heavy atom. The fraction of sp³-hybridized carbons (Fsp3) is 0. The molecule has 0 aliphatic rings. The van der Waals surface area contributed by atoms with E-state index in [-0.39, 0.29) is 11.5 Å². The van der Waals surface area contributed by atoms with Gasteiger partial charge in [-0.1, -0.05) is 41.9 Å². The van der Waals surface area contributed by atoms with E-state index in [2.05, 4.69) is 26.0 Å². The molecule has 0 radical (unpaired) electrons. The van der Waals surface area contributed by atoms with Crippen molar-refractivity contribution in [3.8, 4) is 16.9 Å². The molecule has 3 rings (SSSR count). The zero-order valence-electron chi connectivity index (χ0n) is 11.1. The van der Waals surface area contributed by atoms with Gasteiger partial charge in [0.1, 0.15) is 4.60 Å². The predicted molar refractivity (Wildman–Crippen MR) is 86.5 cm³/mol. The molecule has 7 heteroatoms. The van der Waals surface area contributed by atoms with Crippen LogP contribution in [0, 0.1) is 0 Å². The fourth-order valence-corrected chi connectivity index (χ4v) is 2.91. The molecule has 1 N–H and O–H groups in total. The molecule has 5 nitrogen and oxygen atoms in total. The average Bonchev–Trinajstić information content (AvgIpc) is 2.86. The molecule has 0 saturated carbocycles. The van der Waals surface area contributed by atoms with Gasteiger partial charge in [0.05, 0.1) is 5.02 Å². The molecule has 0 atom stereocenters. The number of hydrogen-bond acceptors (Lipinski definition) is 3. The summed E-state index contributed by atoms with van der Waals surface area (Å²) in [5.74, 6) is -0.844. The summed E-state index contributed by atoms with van der Waals surface area (Å²) in [7, 11) is 0. The van der Waals surface area contributed by atoms with Crippen molar-refractivity contribution in [3.05, 3.63) is 64.0 Å². The first-order chi connectivity index (χ1) is 10.6. The van der Waals surface area contributed by atoms with Crippen LogP contribution in [0.4, 0.5) is 0 Å². The van der Waals surface area contributed by atoms with Crippen LogP contribution < -0.4 is 0 Å². The number of rotatable bonds is 3. The van der Waals surface area contributed by atoms with E-state index in [0.29, 0.717) is 15.2 Å². The molecular formula is C15H9BrClN3O2. The quantitative estimate of drug-likeness (QED) is 0.746. The summed E-state index contributed by atoms with van der Waals surface area (Å²) in [6, 6.07) is 12.5. The van der Waals surface area contributed by atoms with E-state index in [0.717, 1.165) is 5.56 Å². The van der Waals surface area contributed by atoms with Gasteiger partial charge in [0, 0.05) is 11.8 Å². The maximum absolute atomic E-state index is 11.8. The van der Waals surface area contributed by atoms with Crippen molar-refractivity contribution in [2.75, 3.05) is 0 Å². The number of hydrogen-bond donors (Lipinski definition) is 1. The molecule has 0 fully saturated rings. The number of benzene rings is 1. The second-order valence-electron chi connectivity index (χ2n) is 4.41. The third kappa shape index (κ3) is 2.51. The molecule has 0 amide bonds. The smallest absolute Gasteiger partial charge is 0.355 e. The highest BCUT2D eigenvalue weighted by Gasteiger charge is 2.25. The Labute approximate surface area is 139 Å². The van der Waals surface area contributed by atoms with Crippen LogP contribution in [0.1, 0.15) is 10.5 Å². The van der Waals surface area contributed by atoms with Crippen LogP contribution >= 0.6 is 27.5 Å². The molecular weight excluding hydrogens is 370 g/mol. The monoisotopic (exact) mass is 377 g/mol. The SMILES string of the molecule is O=C(O)c1c(-c2ccccc2)c(Br)nn1-c1ncccc1Cl. The van der Waals surface area contributed by atoms with Gasteiger partial charge in [0.15, 0.2) is 11.5 Å². The van der Waals surface area contributed by atoms with Crippen molar-refractivity contribution in [2.45, 2.75) is 0 Å².